The Bertz CT molecular complexity index is 361. The molecule has 0 bridgehead atoms. The Morgan fingerprint density at radius 3 is 2.47 bits per heavy atom. The van der Waals surface area contributed by atoms with Gasteiger partial charge in [-0.3, -0.25) is 4.90 Å². The summed E-state index contributed by atoms with van der Waals surface area (Å²) >= 11 is 0. The minimum Gasteiger partial charge on any atom is -0.378 e. The van der Waals surface area contributed by atoms with Gasteiger partial charge in [-0.2, -0.15) is 0 Å². The van der Waals surface area contributed by atoms with Gasteiger partial charge < -0.3 is 10.6 Å². The molecule has 1 atom stereocenters. The second-order valence-corrected chi connectivity index (χ2v) is 4.85. The molecule has 3 nitrogen and oxygen atoms in total. The summed E-state index contributed by atoms with van der Waals surface area (Å²) in [6, 6.07) is 9.08. The molecule has 0 spiro atoms. The molecule has 1 saturated heterocycles. The summed E-state index contributed by atoms with van der Waals surface area (Å²) < 4.78 is 0. The average Bonchev–Trinajstić information content (AvgIpc) is 2.64. The van der Waals surface area contributed by atoms with Gasteiger partial charge in [0.1, 0.15) is 0 Å². The normalized spacial score (nSPS) is 17.9. The molecular formula is C13H24Cl3N3. The highest BCUT2D eigenvalue weighted by molar-refractivity contribution is 5.86. The fourth-order valence-corrected chi connectivity index (χ4v) is 2.20. The molecule has 1 aromatic carbocycles. The van der Waals surface area contributed by atoms with Crippen molar-refractivity contribution in [2.45, 2.75) is 19.0 Å². The maximum atomic E-state index is 5.91. The standard InChI is InChI=1S/C13H21N3.3ClH/c1-15(2)13-5-3-4-11(8-13)9-16-7-6-12(14)10-16;;;/h3-5,8,12H,6-7,9-10,14H2,1-2H3;3*1H/t12-;;;/m1.../s1. The molecule has 1 heterocycles. The lowest BCUT2D eigenvalue weighted by atomic mass is 10.2. The van der Waals surface area contributed by atoms with E-state index >= 15 is 0 Å². The Kier molecular flexibility index (Phi) is 10.7. The van der Waals surface area contributed by atoms with E-state index in [1.807, 2.05) is 0 Å². The van der Waals surface area contributed by atoms with Crippen molar-refractivity contribution >= 4 is 42.9 Å². The summed E-state index contributed by atoms with van der Waals surface area (Å²) in [5, 5.41) is 0. The lowest BCUT2D eigenvalue weighted by Crippen LogP contribution is -2.26. The lowest BCUT2D eigenvalue weighted by molar-refractivity contribution is 0.327. The van der Waals surface area contributed by atoms with Crippen LogP contribution in [-0.2, 0) is 6.54 Å². The number of hydrogen-bond donors (Lipinski definition) is 1. The third-order valence-corrected chi connectivity index (χ3v) is 3.14. The summed E-state index contributed by atoms with van der Waals surface area (Å²) in [6.07, 6.45) is 1.13. The van der Waals surface area contributed by atoms with Crippen LogP contribution in [0.2, 0.25) is 0 Å². The molecule has 0 aromatic heterocycles. The quantitative estimate of drug-likeness (QED) is 0.925. The first-order chi connectivity index (χ1) is 7.65. The Morgan fingerprint density at radius 2 is 1.95 bits per heavy atom. The number of likely N-dealkylation sites (tertiary alicyclic amines) is 1. The highest BCUT2D eigenvalue weighted by Gasteiger charge is 2.18. The molecule has 0 saturated carbocycles. The van der Waals surface area contributed by atoms with Gasteiger partial charge in [-0.05, 0) is 24.1 Å². The molecule has 1 fully saturated rings. The van der Waals surface area contributed by atoms with E-state index in [4.69, 9.17) is 5.73 Å². The van der Waals surface area contributed by atoms with Gasteiger partial charge in [0.15, 0.2) is 0 Å². The first kappa shape index (κ1) is 21.1. The Hall–Kier alpha value is -0.190. The van der Waals surface area contributed by atoms with Gasteiger partial charge in [-0.1, -0.05) is 12.1 Å². The van der Waals surface area contributed by atoms with E-state index in [0.717, 1.165) is 26.1 Å². The first-order valence-corrected chi connectivity index (χ1v) is 5.89. The van der Waals surface area contributed by atoms with Crippen molar-refractivity contribution in [3.63, 3.8) is 0 Å². The number of anilines is 1. The predicted molar refractivity (Wildman–Crippen MR) is 90.4 cm³/mol. The zero-order valence-corrected chi connectivity index (χ0v) is 13.9. The highest BCUT2D eigenvalue weighted by Crippen LogP contribution is 2.17. The van der Waals surface area contributed by atoms with Crippen molar-refractivity contribution < 1.29 is 0 Å². The second-order valence-electron chi connectivity index (χ2n) is 4.85. The molecule has 6 heteroatoms. The minimum absolute atomic E-state index is 0. The van der Waals surface area contributed by atoms with Crippen LogP contribution in [0.4, 0.5) is 5.69 Å². The van der Waals surface area contributed by atoms with E-state index in [2.05, 4.69) is 48.2 Å². The van der Waals surface area contributed by atoms with Crippen LogP contribution >= 0.6 is 37.2 Å². The van der Waals surface area contributed by atoms with Crippen LogP contribution in [0.5, 0.6) is 0 Å². The van der Waals surface area contributed by atoms with E-state index < -0.39 is 0 Å². The van der Waals surface area contributed by atoms with Crippen molar-refractivity contribution in [2.75, 3.05) is 32.1 Å². The molecule has 112 valence electrons. The zero-order chi connectivity index (χ0) is 11.5. The first-order valence-electron chi connectivity index (χ1n) is 5.89. The van der Waals surface area contributed by atoms with E-state index in [-0.39, 0.29) is 37.2 Å². The van der Waals surface area contributed by atoms with Crippen LogP contribution in [0.1, 0.15) is 12.0 Å². The van der Waals surface area contributed by atoms with Crippen molar-refractivity contribution in [2.24, 2.45) is 5.73 Å². The van der Waals surface area contributed by atoms with Crippen LogP contribution in [0, 0.1) is 0 Å². The molecule has 0 amide bonds. The zero-order valence-electron chi connectivity index (χ0n) is 11.4. The molecule has 1 aromatic rings. The monoisotopic (exact) mass is 327 g/mol. The topological polar surface area (TPSA) is 32.5 Å². The molecule has 2 rings (SSSR count). The van der Waals surface area contributed by atoms with Crippen LogP contribution in [-0.4, -0.2) is 38.1 Å². The fraction of sp³-hybridized carbons (Fsp3) is 0.538. The summed E-state index contributed by atoms with van der Waals surface area (Å²) in [4.78, 5) is 4.57. The molecule has 1 aliphatic rings. The van der Waals surface area contributed by atoms with E-state index in [0.29, 0.717) is 6.04 Å². The summed E-state index contributed by atoms with van der Waals surface area (Å²) in [5.41, 5.74) is 8.55. The number of rotatable bonds is 3. The fourth-order valence-electron chi connectivity index (χ4n) is 2.20. The van der Waals surface area contributed by atoms with E-state index in [1.54, 1.807) is 0 Å². The van der Waals surface area contributed by atoms with Gasteiger partial charge in [0.05, 0.1) is 0 Å². The van der Waals surface area contributed by atoms with Gasteiger partial charge in [0.25, 0.3) is 0 Å². The van der Waals surface area contributed by atoms with Crippen LogP contribution < -0.4 is 10.6 Å². The molecular weight excluding hydrogens is 305 g/mol. The third kappa shape index (κ3) is 6.19. The Labute approximate surface area is 134 Å². The van der Waals surface area contributed by atoms with Crippen molar-refractivity contribution in [1.82, 2.24) is 4.90 Å². The Morgan fingerprint density at radius 1 is 1.26 bits per heavy atom. The highest BCUT2D eigenvalue weighted by atomic mass is 35.5. The molecule has 0 unspecified atom stereocenters. The number of nitrogens with two attached hydrogens (primary N) is 1. The van der Waals surface area contributed by atoms with Crippen molar-refractivity contribution in [3.8, 4) is 0 Å². The van der Waals surface area contributed by atoms with Gasteiger partial charge >= 0.3 is 0 Å². The largest absolute Gasteiger partial charge is 0.378 e. The van der Waals surface area contributed by atoms with Crippen molar-refractivity contribution in [3.05, 3.63) is 29.8 Å². The molecule has 19 heavy (non-hydrogen) atoms. The van der Waals surface area contributed by atoms with Crippen molar-refractivity contribution in [1.29, 1.82) is 0 Å². The summed E-state index contributed by atoms with van der Waals surface area (Å²) in [6.45, 7) is 3.19. The second kappa shape index (κ2) is 9.67. The Balaban J connectivity index is 0. The summed E-state index contributed by atoms with van der Waals surface area (Å²) in [7, 11) is 4.15. The maximum absolute atomic E-state index is 5.91. The molecule has 2 N–H and O–H groups in total. The minimum atomic E-state index is 0. The third-order valence-electron chi connectivity index (χ3n) is 3.14. The van der Waals surface area contributed by atoms with Crippen LogP contribution in [0.25, 0.3) is 0 Å². The number of nitrogens with zero attached hydrogens (tertiary/aromatic N) is 2. The van der Waals surface area contributed by atoms with Gasteiger partial charge in [0.2, 0.25) is 0 Å². The van der Waals surface area contributed by atoms with Gasteiger partial charge in [-0.25, -0.2) is 0 Å². The average molecular weight is 329 g/mol. The lowest BCUT2D eigenvalue weighted by Gasteiger charge is -2.17. The number of benzene rings is 1. The van der Waals surface area contributed by atoms with E-state index in [9.17, 15) is 0 Å². The molecule has 0 radical (unpaired) electrons. The van der Waals surface area contributed by atoms with E-state index in [1.165, 1.54) is 11.3 Å². The van der Waals surface area contributed by atoms with Gasteiger partial charge in [-0.15, -0.1) is 37.2 Å². The molecule has 0 aliphatic carbocycles. The molecule has 1 aliphatic heterocycles. The number of hydrogen-bond acceptors (Lipinski definition) is 3. The van der Waals surface area contributed by atoms with Crippen LogP contribution in [0.15, 0.2) is 24.3 Å². The predicted octanol–water partition coefficient (Wildman–Crippen LogP) is 2.55. The van der Waals surface area contributed by atoms with Crippen LogP contribution in [0.3, 0.4) is 0 Å². The smallest absolute Gasteiger partial charge is 0.0364 e. The SMILES string of the molecule is CN(C)c1cccc(CN2CC[C@@H](N)C2)c1.Cl.Cl.Cl. The van der Waals surface area contributed by atoms with Gasteiger partial charge in [0, 0.05) is 45.5 Å². The maximum Gasteiger partial charge on any atom is 0.0364 e. The summed E-state index contributed by atoms with van der Waals surface area (Å²) in [5.74, 6) is 0. The number of halogens is 3.